The van der Waals surface area contributed by atoms with E-state index in [0.717, 1.165) is 24.8 Å². The average Bonchev–Trinajstić information content (AvgIpc) is 2.33. The largest absolute Gasteiger partial charge is 0.356 e. The lowest BCUT2D eigenvalue weighted by molar-refractivity contribution is 0.387. The quantitative estimate of drug-likeness (QED) is 0.562. The van der Waals surface area contributed by atoms with Crippen molar-refractivity contribution in [2.75, 3.05) is 0 Å². The van der Waals surface area contributed by atoms with Crippen LogP contribution in [-0.4, -0.2) is 9.79 Å². The molecule has 0 heterocycles. The van der Waals surface area contributed by atoms with Gasteiger partial charge in [-0.1, -0.05) is 57.2 Å². The Balaban J connectivity index is 2.45. The minimum absolute atomic E-state index is 0.193. The summed E-state index contributed by atoms with van der Waals surface area (Å²) in [4.78, 5) is 18.5. The van der Waals surface area contributed by atoms with E-state index >= 15 is 0 Å². The van der Waals surface area contributed by atoms with Crippen LogP contribution in [0.5, 0.6) is 0 Å². The van der Waals surface area contributed by atoms with Crippen LogP contribution in [0.4, 0.5) is 0 Å². The molecule has 3 nitrogen and oxygen atoms in total. The van der Waals surface area contributed by atoms with Gasteiger partial charge >= 0.3 is 7.60 Å². The summed E-state index contributed by atoms with van der Waals surface area (Å²) in [5.41, 5.74) is 0.793. The van der Waals surface area contributed by atoms with Gasteiger partial charge in [0, 0.05) is 0 Å². The first kappa shape index (κ1) is 15.4. The lowest BCUT2D eigenvalue weighted by Crippen LogP contribution is -2.10. The summed E-state index contributed by atoms with van der Waals surface area (Å²) in [7, 11) is -4.12. The van der Waals surface area contributed by atoms with Gasteiger partial charge in [-0.25, -0.2) is 0 Å². The molecular weight excluding hydrogens is 247 g/mol. The maximum atomic E-state index is 11.3. The van der Waals surface area contributed by atoms with E-state index in [9.17, 15) is 14.4 Å². The molecule has 1 rings (SSSR count). The van der Waals surface area contributed by atoms with Crippen molar-refractivity contribution in [1.82, 2.24) is 0 Å². The Kier molecular flexibility index (Phi) is 6.62. The van der Waals surface area contributed by atoms with Crippen molar-refractivity contribution in [3.8, 4) is 0 Å². The first-order valence-corrected chi connectivity index (χ1v) is 8.31. The van der Waals surface area contributed by atoms with Crippen LogP contribution in [0, 0.1) is 0 Å². The summed E-state index contributed by atoms with van der Waals surface area (Å²) >= 11 is 0. The Hall–Kier alpha value is -0.630. The standard InChI is InChI=1S/C14H23O3P/c1-2-3-4-5-6-7-10-13-11-8-9-12-14(13)18(15,16)17/h8-9,11-12H,2-7,10H2,1H3,(H2,15,16,17). The summed E-state index contributed by atoms with van der Waals surface area (Å²) in [5.74, 6) is 0. The van der Waals surface area contributed by atoms with E-state index in [1.807, 2.05) is 12.1 Å². The molecule has 0 aromatic heterocycles. The van der Waals surface area contributed by atoms with Gasteiger partial charge in [-0.15, -0.1) is 0 Å². The summed E-state index contributed by atoms with van der Waals surface area (Å²) in [6.07, 6.45) is 7.88. The summed E-state index contributed by atoms with van der Waals surface area (Å²) in [6, 6.07) is 6.87. The van der Waals surface area contributed by atoms with Gasteiger partial charge in [0.2, 0.25) is 0 Å². The molecule has 0 radical (unpaired) electrons. The van der Waals surface area contributed by atoms with Crippen LogP contribution in [-0.2, 0) is 11.0 Å². The molecule has 18 heavy (non-hydrogen) atoms. The van der Waals surface area contributed by atoms with Crippen LogP contribution in [0.2, 0.25) is 0 Å². The monoisotopic (exact) mass is 270 g/mol. The van der Waals surface area contributed by atoms with Gasteiger partial charge in [0.05, 0.1) is 5.30 Å². The van der Waals surface area contributed by atoms with Crippen LogP contribution in [0.25, 0.3) is 0 Å². The molecule has 0 amide bonds. The van der Waals surface area contributed by atoms with Crippen LogP contribution >= 0.6 is 7.60 Å². The van der Waals surface area contributed by atoms with Gasteiger partial charge in [-0.2, -0.15) is 0 Å². The molecule has 0 unspecified atom stereocenters. The number of unbranched alkanes of at least 4 members (excludes halogenated alkanes) is 5. The van der Waals surface area contributed by atoms with E-state index in [1.54, 1.807) is 6.07 Å². The molecule has 0 aliphatic heterocycles. The third kappa shape index (κ3) is 5.34. The highest BCUT2D eigenvalue weighted by atomic mass is 31.2. The van der Waals surface area contributed by atoms with Crippen molar-refractivity contribution in [3.63, 3.8) is 0 Å². The Bertz CT molecular complexity index is 398. The molecule has 0 bridgehead atoms. The highest BCUT2D eigenvalue weighted by molar-refractivity contribution is 7.60. The first-order chi connectivity index (χ1) is 8.55. The van der Waals surface area contributed by atoms with Crippen molar-refractivity contribution in [1.29, 1.82) is 0 Å². The predicted octanol–water partition coefficient (Wildman–Crippen LogP) is 3.39. The molecule has 0 aliphatic rings. The van der Waals surface area contributed by atoms with Crippen molar-refractivity contribution < 1.29 is 14.4 Å². The molecule has 0 aliphatic carbocycles. The fourth-order valence-electron chi connectivity index (χ4n) is 2.10. The van der Waals surface area contributed by atoms with Gasteiger partial charge in [0.1, 0.15) is 0 Å². The third-order valence-corrected chi connectivity index (χ3v) is 4.17. The van der Waals surface area contributed by atoms with Gasteiger partial charge < -0.3 is 9.79 Å². The van der Waals surface area contributed by atoms with Crippen LogP contribution in [0.3, 0.4) is 0 Å². The Labute approximate surface area is 109 Å². The van der Waals surface area contributed by atoms with Crippen molar-refractivity contribution >= 4 is 12.9 Å². The van der Waals surface area contributed by atoms with E-state index in [0.29, 0.717) is 0 Å². The zero-order chi connectivity index (χ0) is 13.4. The normalized spacial score (nSPS) is 11.7. The second-order valence-corrected chi connectivity index (χ2v) is 6.26. The molecule has 1 aromatic carbocycles. The maximum Gasteiger partial charge on any atom is 0.356 e. The van der Waals surface area contributed by atoms with Gasteiger partial charge in [-0.05, 0) is 24.5 Å². The third-order valence-electron chi connectivity index (χ3n) is 3.11. The molecule has 4 heteroatoms. The lowest BCUT2D eigenvalue weighted by Gasteiger charge is -2.10. The SMILES string of the molecule is CCCCCCCCc1ccccc1P(=O)(O)O. The molecule has 0 saturated carbocycles. The van der Waals surface area contributed by atoms with E-state index < -0.39 is 7.60 Å². The summed E-state index contributed by atoms with van der Waals surface area (Å²) < 4.78 is 11.3. The average molecular weight is 270 g/mol. The van der Waals surface area contributed by atoms with Crippen molar-refractivity contribution in [2.24, 2.45) is 0 Å². The highest BCUT2D eigenvalue weighted by Crippen LogP contribution is 2.34. The van der Waals surface area contributed by atoms with E-state index in [4.69, 9.17) is 0 Å². The van der Waals surface area contributed by atoms with Gasteiger partial charge in [-0.3, -0.25) is 4.57 Å². The summed E-state index contributed by atoms with van der Waals surface area (Å²) in [5, 5.41) is 0.193. The molecule has 102 valence electrons. The Morgan fingerprint density at radius 2 is 1.61 bits per heavy atom. The van der Waals surface area contributed by atoms with Crippen molar-refractivity contribution in [2.45, 2.75) is 51.9 Å². The van der Waals surface area contributed by atoms with Crippen LogP contribution in [0.1, 0.15) is 51.0 Å². The molecule has 0 spiro atoms. The minimum Gasteiger partial charge on any atom is -0.321 e. The van der Waals surface area contributed by atoms with E-state index in [2.05, 4.69) is 6.92 Å². The number of hydrogen-bond donors (Lipinski definition) is 2. The minimum atomic E-state index is -4.12. The summed E-state index contributed by atoms with van der Waals surface area (Å²) in [6.45, 7) is 2.19. The second-order valence-electron chi connectivity index (χ2n) is 4.69. The molecule has 0 atom stereocenters. The topological polar surface area (TPSA) is 57.5 Å². The lowest BCUT2D eigenvalue weighted by atomic mass is 10.1. The predicted molar refractivity (Wildman–Crippen MR) is 75.2 cm³/mol. The fraction of sp³-hybridized carbons (Fsp3) is 0.571. The first-order valence-electron chi connectivity index (χ1n) is 6.69. The van der Waals surface area contributed by atoms with E-state index in [-0.39, 0.29) is 5.30 Å². The fourth-order valence-corrected chi connectivity index (χ4v) is 2.94. The van der Waals surface area contributed by atoms with Crippen LogP contribution in [0.15, 0.2) is 24.3 Å². The second kappa shape index (κ2) is 7.73. The Morgan fingerprint density at radius 3 is 2.28 bits per heavy atom. The Morgan fingerprint density at radius 1 is 1.00 bits per heavy atom. The number of benzene rings is 1. The number of aryl methyl sites for hydroxylation is 1. The zero-order valence-electron chi connectivity index (χ0n) is 11.0. The number of rotatable bonds is 8. The maximum absolute atomic E-state index is 11.3. The zero-order valence-corrected chi connectivity index (χ0v) is 11.9. The van der Waals surface area contributed by atoms with Crippen molar-refractivity contribution in [3.05, 3.63) is 29.8 Å². The highest BCUT2D eigenvalue weighted by Gasteiger charge is 2.20. The molecular formula is C14H23O3P. The molecule has 0 fully saturated rings. The van der Waals surface area contributed by atoms with Gasteiger partial charge in [0.15, 0.2) is 0 Å². The van der Waals surface area contributed by atoms with Gasteiger partial charge in [0.25, 0.3) is 0 Å². The molecule has 0 saturated heterocycles. The molecule has 1 aromatic rings. The van der Waals surface area contributed by atoms with Crippen LogP contribution < -0.4 is 5.30 Å². The smallest absolute Gasteiger partial charge is 0.321 e. The van der Waals surface area contributed by atoms with E-state index in [1.165, 1.54) is 31.7 Å². The molecule has 2 N–H and O–H groups in total. The number of hydrogen-bond acceptors (Lipinski definition) is 1.